The smallest absolute Gasteiger partial charge is 0.405 e. The van der Waals surface area contributed by atoms with E-state index in [1.165, 1.54) is 0 Å². The van der Waals surface area contributed by atoms with E-state index < -0.39 is 24.5 Å². The third-order valence-corrected chi connectivity index (χ3v) is 8.93. The van der Waals surface area contributed by atoms with Crippen molar-refractivity contribution in [2.75, 3.05) is 26.2 Å². The number of carbonyl (C=O) groups is 2. The number of nitrogens with zero attached hydrogens (tertiary/aromatic N) is 1. The van der Waals surface area contributed by atoms with Crippen LogP contribution in [-0.4, -0.2) is 55.1 Å². The van der Waals surface area contributed by atoms with Gasteiger partial charge < -0.3 is 20.3 Å². The molecule has 0 aromatic heterocycles. The van der Waals surface area contributed by atoms with Gasteiger partial charge in [0.05, 0.1) is 11.5 Å². The first-order valence-corrected chi connectivity index (χ1v) is 16.2. The molecule has 6 rings (SSSR count). The Kier molecular flexibility index (Phi) is 9.92. The van der Waals surface area contributed by atoms with Gasteiger partial charge in [-0.15, -0.1) is 0 Å². The number of hydrogen-bond acceptors (Lipinski definition) is 4. The van der Waals surface area contributed by atoms with Gasteiger partial charge in [0.25, 0.3) is 5.91 Å². The highest BCUT2D eigenvalue weighted by Gasteiger charge is 2.36. The normalized spacial score (nSPS) is 16.3. The van der Waals surface area contributed by atoms with Crippen molar-refractivity contribution in [1.29, 1.82) is 0 Å². The van der Waals surface area contributed by atoms with Gasteiger partial charge in [-0.2, -0.15) is 13.2 Å². The summed E-state index contributed by atoms with van der Waals surface area (Å²) >= 11 is 0. The first-order valence-electron chi connectivity index (χ1n) is 16.2. The first kappa shape index (κ1) is 32.3. The van der Waals surface area contributed by atoms with E-state index in [0.29, 0.717) is 17.1 Å². The summed E-state index contributed by atoms with van der Waals surface area (Å²) < 4.78 is 44.3. The number of benzene rings is 4. The average Bonchev–Trinajstić information content (AvgIpc) is 3.40. The third-order valence-electron chi connectivity index (χ3n) is 8.93. The molecule has 244 valence electrons. The molecule has 4 aromatic carbocycles. The Bertz CT molecular complexity index is 1700. The molecule has 47 heavy (non-hydrogen) atoms. The van der Waals surface area contributed by atoms with Crippen LogP contribution in [0.5, 0.6) is 11.5 Å². The van der Waals surface area contributed by atoms with E-state index in [9.17, 15) is 22.8 Å². The van der Waals surface area contributed by atoms with E-state index in [2.05, 4.69) is 21.6 Å². The van der Waals surface area contributed by atoms with Gasteiger partial charge in [-0.05, 0) is 90.7 Å². The predicted octanol–water partition coefficient (Wildman–Crippen LogP) is 7.49. The number of amides is 2. The Labute approximate surface area is 272 Å². The fourth-order valence-electron chi connectivity index (χ4n) is 6.56. The number of aryl methyl sites for hydroxylation is 1. The third kappa shape index (κ3) is 8.03. The maximum atomic E-state index is 13.1. The SMILES string of the molecule is O=C(NC1CCN(CCCCc2ccc3c(c2)-c2ccccc2C3C(=O)NCC(F)(F)F)CC1)c1ccccc1Oc1ccccc1. The lowest BCUT2D eigenvalue weighted by molar-refractivity contribution is -0.138. The van der Waals surface area contributed by atoms with E-state index in [-0.39, 0.29) is 11.9 Å². The molecule has 2 N–H and O–H groups in total. The minimum absolute atomic E-state index is 0.109. The van der Waals surface area contributed by atoms with E-state index in [1.54, 1.807) is 6.07 Å². The predicted molar refractivity (Wildman–Crippen MR) is 176 cm³/mol. The molecule has 1 atom stereocenters. The zero-order valence-corrected chi connectivity index (χ0v) is 26.1. The summed E-state index contributed by atoms with van der Waals surface area (Å²) in [4.78, 5) is 28.4. The molecule has 0 bridgehead atoms. The summed E-state index contributed by atoms with van der Waals surface area (Å²) in [5, 5.41) is 5.27. The zero-order chi connectivity index (χ0) is 32.8. The lowest BCUT2D eigenvalue weighted by Gasteiger charge is -2.32. The number of nitrogens with one attached hydrogen (secondary N) is 2. The van der Waals surface area contributed by atoms with Crippen LogP contribution in [0.15, 0.2) is 97.1 Å². The van der Waals surface area contributed by atoms with E-state index in [4.69, 9.17) is 4.74 Å². The maximum absolute atomic E-state index is 13.1. The second-order valence-electron chi connectivity index (χ2n) is 12.2. The van der Waals surface area contributed by atoms with Crippen molar-refractivity contribution >= 4 is 11.8 Å². The molecule has 1 unspecified atom stereocenters. The van der Waals surface area contributed by atoms with Gasteiger partial charge in [0.1, 0.15) is 18.0 Å². The molecule has 0 saturated carbocycles. The lowest BCUT2D eigenvalue weighted by atomic mass is 9.94. The second-order valence-corrected chi connectivity index (χ2v) is 12.2. The van der Waals surface area contributed by atoms with Crippen molar-refractivity contribution in [3.05, 3.63) is 119 Å². The summed E-state index contributed by atoms with van der Waals surface area (Å²) in [6.07, 6.45) is 0.197. The largest absolute Gasteiger partial charge is 0.457 e. The summed E-state index contributed by atoms with van der Waals surface area (Å²) in [7, 11) is 0. The molecule has 0 spiro atoms. The fraction of sp³-hybridized carbons (Fsp3) is 0.316. The van der Waals surface area contributed by atoms with E-state index in [0.717, 1.165) is 79.6 Å². The number of piperidine rings is 1. The standard InChI is InChI=1S/C38H38F3N3O3/c39-38(40,41)25-42-37(46)35-30-14-5-4-13-29(30)33-24-26(17-18-31(33)35)10-8-9-21-44-22-19-27(20-23-44)43-36(45)32-15-6-7-16-34(32)47-28-11-2-1-3-12-28/h1-7,11-18,24,27,35H,8-10,19-23,25H2,(H,42,46)(H,43,45). The Morgan fingerprint density at radius 3 is 2.30 bits per heavy atom. The summed E-state index contributed by atoms with van der Waals surface area (Å²) in [5.41, 5.74) is 4.98. The monoisotopic (exact) mass is 641 g/mol. The molecule has 6 nitrogen and oxygen atoms in total. The summed E-state index contributed by atoms with van der Waals surface area (Å²) in [5.74, 6) is -0.287. The minimum Gasteiger partial charge on any atom is -0.457 e. The van der Waals surface area contributed by atoms with Crippen LogP contribution in [0.25, 0.3) is 11.1 Å². The van der Waals surface area contributed by atoms with Gasteiger partial charge in [-0.3, -0.25) is 9.59 Å². The van der Waals surface area contributed by atoms with Crippen LogP contribution < -0.4 is 15.4 Å². The molecule has 1 aliphatic heterocycles. The van der Waals surface area contributed by atoms with Crippen LogP contribution in [0.1, 0.15) is 58.6 Å². The highest BCUT2D eigenvalue weighted by Crippen LogP contribution is 2.45. The molecule has 4 aromatic rings. The van der Waals surface area contributed by atoms with Crippen molar-refractivity contribution in [1.82, 2.24) is 15.5 Å². The van der Waals surface area contributed by atoms with Crippen molar-refractivity contribution in [3.63, 3.8) is 0 Å². The molecule has 1 aliphatic carbocycles. The number of hydrogen-bond donors (Lipinski definition) is 2. The average molecular weight is 642 g/mol. The highest BCUT2D eigenvalue weighted by atomic mass is 19.4. The van der Waals surface area contributed by atoms with Gasteiger partial charge in [-0.25, -0.2) is 0 Å². The van der Waals surface area contributed by atoms with Crippen LogP contribution in [0.3, 0.4) is 0 Å². The van der Waals surface area contributed by atoms with Gasteiger partial charge >= 0.3 is 6.18 Å². The number of halogens is 3. The summed E-state index contributed by atoms with van der Waals surface area (Å²) in [6, 6.07) is 30.3. The molecule has 2 amide bonds. The Hall–Kier alpha value is -4.63. The van der Waals surface area contributed by atoms with E-state index in [1.807, 2.05) is 84.9 Å². The molecule has 9 heteroatoms. The topological polar surface area (TPSA) is 70.7 Å². The Morgan fingerprint density at radius 2 is 1.51 bits per heavy atom. The Morgan fingerprint density at radius 1 is 0.809 bits per heavy atom. The second kappa shape index (κ2) is 14.4. The number of rotatable bonds is 11. The zero-order valence-electron chi connectivity index (χ0n) is 26.1. The highest BCUT2D eigenvalue weighted by molar-refractivity contribution is 5.97. The van der Waals surface area contributed by atoms with Crippen LogP contribution in [0.2, 0.25) is 0 Å². The molecular weight excluding hydrogens is 603 g/mol. The molecule has 1 fully saturated rings. The number of unbranched alkanes of at least 4 members (excludes halogenated alkanes) is 1. The first-order chi connectivity index (χ1) is 22.7. The number of likely N-dealkylation sites (tertiary alicyclic amines) is 1. The number of alkyl halides is 3. The van der Waals surface area contributed by atoms with Crippen LogP contribution >= 0.6 is 0 Å². The molecular formula is C38H38F3N3O3. The maximum Gasteiger partial charge on any atom is 0.405 e. The summed E-state index contributed by atoms with van der Waals surface area (Å²) in [6.45, 7) is 1.47. The van der Waals surface area contributed by atoms with Crippen LogP contribution in [0.4, 0.5) is 13.2 Å². The van der Waals surface area contributed by atoms with Crippen molar-refractivity contribution in [2.24, 2.45) is 0 Å². The number of ether oxygens (including phenoxy) is 1. The van der Waals surface area contributed by atoms with E-state index >= 15 is 0 Å². The quantitative estimate of drug-likeness (QED) is 0.167. The minimum atomic E-state index is -4.46. The van der Waals surface area contributed by atoms with Crippen molar-refractivity contribution < 1.29 is 27.5 Å². The Balaban J connectivity index is 0.967. The molecule has 1 heterocycles. The van der Waals surface area contributed by atoms with Crippen LogP contribution in [-0.2, 0) is 11.2 Å². The lowest BCUT2D eigenvalue weighted by Crippen LogP contribution is -2.44. The van der Waals surface area contributed by atoms with Crippen LogP contribution in [0, 0.1) is 0 Å². The van der Waals surface area contributed by atoms with Gasteiger partial charge in [0.2, 0.25) is 5.91 Å². The molecule has 2 aliphatic rings. The van der Waals surface area contributed by atoms with Gasteiger partial charge in [-0.1, -0.05) is 72.8 Å². The fourth-order valence-corrected chi connectivity index (χ4v) is 6.56. The molecule has 0 radical (unpaired) electrons. The number of fused-ring (bicyclic) bond motifs is 3. The van der Waals surface area contributed by atoms with Crippen molar-refractivity contribution in [3.8, 4) is 22.6 Å². The number of carbonyl (C=O) groups excluding carboxylic acids is 2. The number of para-hydroxylation sites is 2. The van der Waals surface area contributed by atoms with Gasteiger partial charge in [0, 0.05) is 19.1 Å². The van der Waals surface area contributed by atoms with Gasteiger partial charge in [0.15, 0.2) is 0 Å². The van der Waals surface area contributed by atoms with Crippen molar-refractivity contribution in [2.45, 2.75) is 50.2 Å². The molecule has 1 saturated heterocycles.